The molecule has 4 unspecified atom stereocenters. The Hall–Kier alpha value is -3.50. The molecule has 0 aliphatic carbocycles. The highest BCUT2D eigenvalue weighted by atomic mass is 16.4. The van der Waals surface area contributed by atoms with E-state index in [-0.39, 0.29) is 44.6 Å². The van der Waals surface area contributed by atoms with Gasteiger partial charge in [-0.3, -0.25) is 24.2 Å². The molecule has 0 aliphatic heterocycles. The number of rotatable bonds is 19. The van der Waals surface area contributed by atoms with E-state index in [0.717, 1.165) is 0 Å². The van der Waals surface area contributed by atoms with Crippen molar-refractivity contribution in [2.24, 2.45) is 33.7 Å². The molecule has 0 saturated heterocycles. The van der Waals surface area contributed by atoms with Gasteiger partial charge in [0.2, 0.25) is 23.6 Å². The van der Waals surface area contributed by atoms with E-state index in [1.54, 1.807) is 0 Å². The zero-order valence-electron chi connectivity index (χ0n) is 20.2. The molecule has 16 nitrogen and oxygen atoms in total. The highest BCUT2D eigenvalue weighted by Crippen LogP contribution is 2.06. The second kappa shape index (κ2) is 17.9. The van der Waals surface area contributed by atoms with Crippen LogP contribution in [-0.2, 0) is 24.0 Å². The third kappa shape index (κ3) is 14.0. The maximum absolute atomic E-state index is 13.0. The van der Waals surface area contributed by atoms with Crippen molar-refractivity contribution in [1.29, 1.82) is 0 Å². The van der Waals surface area contributed by atoms with Crippen LogP contribution >= 0.6 is 0 Å². The number of nitrogens with zero attached hydrogens (tertiary/aromatic N) is 1. The fourth-order valence-electron chi connectivity index (χ4n) is 2.98. The summed E-state index contributed by atoms with van der Waals surface area (Å²) in [5.41, 5.74) is 26.6. The largest absolute Gasteiger partial charge is 0.480 e. The molecule has 16 heteroatoms. The number of carbonyl (C=O) groups is 5. The maximum atomic E-state index is 13.0. The number of aliphatic hydroxyl groups is 1. The third-order valence-electron chi connectivity index (χ3n) is 4.99. The van der Waals surface area contributed by atoms with E-state index in [9.17, 15) is 29.1 Å². The van der Waals surface area contributed by atoms with Gasteiger partial charge < -0.3 is 54.8 Å². The van der Waals surface area contributed by atoms with Gasteiger partial charge in [0.1, 0.15) is 24.2 Å². The summed E-state index contributed by atoms with van der Waals surface area (Å²) in [5, 5.41) is 25.7. The summed E-state index contributed by atoms with van der Waals surface area (Å²) in [6.45, 7) is -0.157. The van der Waals surface area contributed by atoms with E-state index < -0.39 is 60.4 Å². The van der Waals surface area contributed by atoms with Crippen molar-refractivity contribution in [2.75, 3.05) is 19.7 Å². The first-order valence-electron chi connectivity index (χ1n) is 11.5. The summed E-state index contributed by atoms with van der Waals surface area (Å²) in [6, 6.07) is -5.00. The Labute approximate surface area is 208 Å². The van der Waals surface area contributed by atoms with Gasteiger partial charge in [-0.25, -0.2) is 4.79 Å². The SMILES string of the molecule is NCCCCC(NC(=O)C(CCCN=C(N)N)NC(=O)C(N)CO)C(=O)NC(CCC(N)=O)C(=O)O. The number of nitrogens with one attached hydrogen (secondary N) is 3. The number of hydrogen-bond donors (Lipinski definition) is 10. The van der Waals surface area contributed by atoms with Gasteiger partial charge in [0.25, 0.3) is 0 Å². The van der Waals surface area contributed by atoms with E-state index in [1.807, 2.05) is 0 Å². The molecular formula is C20H39N9O7. The van der Waals surface area contributed by atoms with Crippen molar-refractivity contribution in [3.8, 4) is 0 Å². The number of carbonyl (C=O) groups excluding carboxylic acids is 4. The summed E-state index contributed by atoms with van der Waals surface area (Å²) < 4.78 is 0. The number of carboxylic acids is 1. The molecule has 0 saturated carbocycles. The number of aliphatic carboxylic acids is 1. The number of primary amides is 1. The molecule has 0 bridgehead atoms. The van der Waals surface area contributed by atoms with Gasteiger partial charge in [-0.15, -0.1) is 0 Å². The van der Waals surface area contributed by atoms with Gasteiger partial charge in [0.05, 0.1) is 6.61 Å². The lowest BCUT2D eigenvalue weighted by molar-refractivity contribution is -0.142. The highest BCUT2D eigenvalue weighted by molar-refractivity contribution is 5.94. The highest BCUT2D eigenvalue weighted by Gasteiger charge is 2.30. The van der Waals surface area contributed by atoms with Crippen molar-refractivity contribution >= 4 is 35.6 Å². The number of aliphatic imine (C=N–C) groups is 1. The van der Waals surface area contributed by atoms with Crippen molar-refractivity contribution in [2.45, 2.75) is 69.1 Å². The smallest absolute Gasteiger partial charge is 0.326 e. The quantitative estimate of drug-likeness (QED) is 0.0440. The minimum absolute atomic E-state index is 0.0694. The van der Waals surface area contributed by atoms with Gasteiger partial charge in [-0.05, 0) is 45.1 Å². The van der Waals surface area contributed by atoms with Crippen LogP contribution in [0.5, 0.6) is 0 Å². The van der Waals surface area contributed by atoms with E-state index in [4.69, 9.17) is 33.8 Å². The van der Waals surface area contributed by atoms with Crippen molar-refractivity contribution < 1.29 is 34.2 Å². The number of amides is 4. The Bertz CT molecular complexity index is 775. The lowest BCUT2D eigenvalue weighted by atomic mass is 10.0. The summed E-state index contributed by atoms with van der Waals surface area (Å²) in [4.78, 5) is 64.3. The molecule has 0 rings (SSSR count). The second-order valence-corrected chi connectivity index (χ2v) is 8.05. The second-order valence-electron chi connectivity index (χ2n) is 8.05. The van der Waals surface area contributed by atoms with Gasteiger partial charge in [0.15, 0.2) is 5.96 Å². The zero-order valence-corrected chi connectivity index (χ0v) is 20.2. The topological polar surface area (TPSA) is 304 Å². The van der Waals surface area contributed by atoms with Crippen LogP contribution in [0, 0.1) is 0 Å². The molecule has 0 aromatic heterocycles. The summed E-state index contributed by atoms with van der Waals surface area (Å²) in [6.07, 6.45) is 0.946. The van der Waals surface area contributed by atoms with Gasteiger partial charge in [0, 0.05) is 13.0 Å². The van der Waals surface area contributed by atoms with Crippen LogP contribution in [0.15, 0.2) is 4.99 Å². The fourth-order valence-corrected chi connectivity index (χ4v) is 2.98. The molecule has 36 heavy (non-hydrogen) atoms. The van der Waals surface area contributed by atoms with Crippen LogP contribution in [0.4, 0.5) is 0 Å². The first-order valence-corrected chi connectivity index (χ1v) is 11.5. The molecule has 206 valence electrons. The molecule has 0 aromatic carbocycles. The Morgan fingerprint density at radius 1 is 0.778 bits per heavy atom. The van der Waals surface area contributed by atoms with E-state index in [2.05, 4.69) is 20.9 Å². The standard InChI is InChI=1S/C20H39N9O7/c21-8-2-1-4-12(18(34)29-14(19(35)36)6-7-15(23)31)28-17(33)13(5-3-9-26-20(24)25)27-16(32)11(22)10-30/h11-14,30H,1-10,21-22H2,(H2,23,31)(H,27,32)(H,28,33)(H,29,34)(H,35,36)(H4,24,25,26). The number of hydrogen-bond acceptors (Lipinski definition) is 9. The van der Waals surface area contributed by atoms with Crippen LogP contribution in [0.3, 0.4) is 0 Å². The fraction of sp³-hybridized carbons (Fsp3) is 0.700. The molecular weight excluding hydrogens is 478 g/mol. The zero-order chi connectivity index (χ0) is 27.7. The first-order chi connectivity index (χ1) is 16.9. The molecule has 15 N–H and O–H groups in total. The molecule has 0 radical (unpaired) electrons. The lowest BCUT2D eigenvalue weighted by Gasteiger charge is -2.25. The predicted molar refractivity (Wildman–Crippen MR) is 130 cm³/mol. The van der Waals surface area contributed by atoms with Crippen LogP contribution in [0.2, 0.25) is 0 Å². The molecule has 0 spiro atoms. The van der Waals surface area contributed by atoms with Crippen molar-refractivity contribution in [3.63, 3.8) is 0 Å². The number of aliphatic hydroxyl groups excluding tert-OH is 1. The first kappa shape index (κ1) is 32.5. The summed E-state index contributed by atoms with van der Waals surface area (Å²) in [7, 11) is 0. The number of nitrogens with two attached hydrogens (primary N) is 5. The van der Waals surface area contributed by atoms with Crippen LogP contribution in [0.25, 0.3) is 0 Å². The Morgan fingerprint density at radius 2 is 1.31 bits per heavy atom. The molecule has 4 atom stereocenters. The van der Waals surface area contributed by atoms with E-state index in [0.29, 0.717) is 19.4 Å². The van der Waals surface area contributed by atoms with Crippen molar-refractivity contribution in [1.82, 2.24) is 16.0 Å². The molecule has 0 fully saturated rings. The Morgan fingerprint density at radius 3 is 1.78 bits per heavy atom. The van der Waals surface area contributed by atoms with Gasteiger partial charge in [-0.1, -0.05) is 0 Å². The summed E-state index contributed by atoms with van der Waals surface area (Å²) >= 11 is 0. The average Bonchev–Trinajstić information content (AvgIpc) is 2.81. The molecule has 0 heterocycles. The van der Waals surface area contributed by atoms with Crippen molar-refractivity contribution in [3.05, 3.63) is 0 Å². The number of unbranched alkanes of at least 4 members (excludes halogenated alkanes) is 1. The molecule has 0 aliphatic rings. The minimum Gasteiger partial charge on any atom is -0.480 e. The normalized spacial score (nSPS) is 14.0. The van der Waals surface area contributed by atoms with E-state index >= 15 is 0 Å². The Kier molecular flexibility index (Phi) is 16.1. The van der Waals surface area contributed by atoms with Gasteiger partial charge >= 0.3 is 5.97 Å². The third-order valence-corrected chi connectivity index (χ3v) is 4.99. The number of guanidine groups is 1. The molecule has 0 aromatic rings. The van der Waals surface area contributed by atoms with Crippen LogP contribution < -0.4 is 44.6 Å². The predicted octanol–water partition coefficient (Wildman–Crippen LogP) is -4.71. The molecule has 4 amide bonds. The summed E-state index contributed by atoms with van der Waals surface area (Å²) in [5.74, 6) is -4.59. The van der Waals surface area contributed by atoms with Gasteiger partial charge in [-0.2, -0.15) is 0 Å². The minimum atomic E-state index is -1.41. The van der Waals surface area contributed by atoms with Crippen LogP contribution in [0.1, 0.15) is 44.9 Å². The number of carboxylic acid groups (broad SMARTS) is 1. The monoisotopic (exact) mass is 517 g/mol. The average molecular weight is 518 g/mol. The van der Waals surface area contributed by atoms with E-state index in [1.165, 1.54) is 0 Å². The Balaban J connectivity index is 5.56. The van der Waals surface area contributed by atoms with Crippen LogP contribution in [-0.4, -0.2) is 89.6 Å². The maximum Gasteiger partial charge on any atom is 0.326 e. The lowest BCUT2D eigenvalue weighted by Crippen LogP contribution is -2.57.